The normalized spacial score (nSPS) is 12.9. The van der Waals surface area contributed by atoms with E-state index in [0.717, 1.165) is 11.8 Å². The van der Waals surface area contributed by atoms with Crippen LogP contribution in [-0.2, 0) is 0 Å². The van der Waals surface area contributed by atoms with Gasteiger partial charge in [-0.05, 0) is 18.3 Å². The molecule has 0 nitrogen and oxygen atoms in total. The van der Waals surface area contributed by atoms with Crippen molar-refractivity contribution in [2.45, 2.75) is 54.4 Å². The highest BCUT2D eigenvalue weighted by molar-refractivity contribution is 4.54. The highest BCUT2D eigenvalue weighted by atomic mass is 14.1. The molecule has 0 amide bonds. The summed E-state index contributed by atoms with van der Waals surface area (Å²) in [7, 11) is 0. The molecule has 0 radical (unpaired) electrons. The standard InChI is InChI=1S/C9H20.CH4/c1-5-6-9(4)7-8(2)3;/h8-9H,5-7H2,1-4H3;1H4/t9-;/m0./s1. The van der Waals surface area contributed by atoms with Crippen LogP contribution in [0.5, 0.6) is 0 Å². The van der Waals surface area contributed by atoms with Crippen molar-refractivity contribution in [2.24, 2.45) is 11.8 Å². The van der Waals surface area contributed by atoms with Gasteiger partial charge in [0.25, 0.3) is 0 Å². The Morgan fingerprint density at radius 2 is 1.60 bits per heavy atom. The number of rotatable bonds is 4. The zero-order chi connectivity index (χ0) is 7.28. The van der Waals surface area contributed by atoms with Crippen molar-refractivity contribution >= 4 is 0 Å². The van der Waals surface area contributed by atoms with E-state index in [-0.39, 0.29) is 7.43 Å². The van der Waals surface area contributed by atoms with E-state index in [0.29, 0.717) is 0 Å². The molecule has 64 valence electrons. The maximum atomic E-state index is 2.35. The van der Waals surface area contributed by atoms with Crippen molar-refractivity contribution in [3.63, 3.8) is 0 Å². The molecule has 0 aliphatic carbocycles. The molecule has 0 heteroatoms. The molecular weight excluding hydrogens is 120 g/mol. The van der Waals surface area contributed by atoms with Crippen molar-refractivity contribution in [2.75, 3.05) is 0 Å². The lowest BCUT2D eigenvalue weighted by atomic mass is 9.95. The van der Waals surface area contributed by atoms with Crippen LogP contribution in [0.15, 0.2) is 0 Å². The lowest BCUT2D eigenvalue weighted by molar-refractivity contribution is 0.412. The average Bonchev–Trinajstić information content (AvgIpc) is 1.63. The first kappa shape index (κ1) is 12.7. The summed E-state index contributed by atoms with van der Waals surface area (Å²) in [6.07, 6.45) is 4.14. The fourth-order valence-corrected chi connectivity index (χ4v) is 1.42. The van der Waals surface area contributed by atoms with E-state index in [4.69, 9.17) is 0 Å². The van der Waals surface area contributed by atoms with E-state index in [1.807, 2.05) is 0 Å². The van der Waals surface area contributed by atoms with Crippen LogP contribution in [0.2, 0.25) is 0 Å². The zero-order valence-corrected chi connectivity index (χ0v) is 7.28. The van der Waals surface area contributed by atoms with Crippen LogP contribution < -0.4 is 0 Å². The Balaban J connectivity index is 0. The van der Waals surface area contributed by atoms with Gasteiger partial charge in [-0.3, -0.25) is 0 Å². The molecule has 0 saturated heterocycles. The average molecular weight is 144 g/mol. The third-order valence-electron chi connectivity index (χ3n) is 1.66. The summed E-state index contributed by atoms with van der Waals surface area (Å²) in [5.41, 5.74) is 0. The molecule has 0 heterocycles. The van der Waals surface area contributed by atoms with Crippen LogP contribution in [0, 0.1) is 11.8 Å². The zero-order valence-electron chi connectivity index (χ0n) is 7.28. The van der Waals surface area contributed by atoms with E-state index in [1.54, 1.807) is 0 Å². The minimum absolute atomic E-state index is 0. The molecule has 0 N–H and O–H groups in total. The van der Waals surface area contributed by atoms with Gasteiger partial charge < -0.3 is 0 Å². The van der Waals surface area contributed by atoms with Crippen molar-refractivity contribution in [1.82, 2.24) is 0 Å². The highest BCUT2D eigenvalue weighted by Gasteiger charge is 2.02. The molecule has 0 fully saturated rings. The Morgan fingerprint density at radius 3 is 1.90 bits per heavy atom. The summed E-state index contributed by atoms with van der Waals surface area (Å²) in [6.45, 7) is 9.21. The van der Waals surface area contributed by atoms with Gasteiger partial charge in [-0.25, -0.2) is 0 Å². The van der Waals surface area contributed by atoms with E-state index >= 15 is 0 Å². The molecule has 10 heavy (non-hydrogen) atoms. The lowest BCUT2D eigenvalue weighted by Crippen LogP contribution is -1.98. The summed E-state index contributed by atoms with van der Waals surface area (Å²) in [4.78, 5) is 0. The molecule has 0 rings (SSSR count). The molecular formula is C10H24. The smallest absolute Gasteiger partial charge is 0.0440 e. The minimum atomic E-state index is 0. The van der Waals surface area contributed by atoms with Crippen molar-refractivity contribution in [3.8, 4) is 0 Å². The van der Waals surface area contributed by atoms with E-state index in [2.05, 4.69) is 27.7 Å². The quantitative estimate of drug-likeness (QED) is 0.557. The molecule has 0 aromatic carbocycles. The van der Waals surface area contributed by atoms with E-state index in [9.17, 15) is 0 Å². The Labute approximate surface area is 67.0 Å². The number of hydrogen-bond donors (Lipinski definition) is 0. The Bertz CT molecular complexity index is 55.1. The van der Waals surface area contributed by atoms with Crippen LogP contribution in [0.3, 0.4) is 0 Å². The third-order valence-corrected chi connectivity index (χ3v) is 1.66. The molecule has 0 saturated carbocycles. The maximum Gasteiger partial charge on any atom is -0.0440 e. The molecule has 0 aromatic heterocycles. The molecule has 0 aliphatic rings. The van der Waals surface area contributed by atoms with Crippen molar-refractivity contribution in [3.05, 3.63) is 0 Å². The predicted molar refractivity (Wildman–Crippen MR) is 50.3 cm³/mol. The van der Waals surface area contributed by atoms with Gasteiger partial charge in [0, 0.05) is 0 Å². The number of hydrogen-bond acceptors (Lipinski definition) is 0. The van der Waals surface area contributed by atoms with E-state index < -0.39 is 0 Å². The monoisotopic (exact) mass is 144 g/mol. The fraction of sp³-hybridized carbons (Fsp3) is 1.00. The summed E-state index contributed by atoms with van der Waals surface area (Å²) < 4.78 is 0. The van der Waals surface area contributed by atoms with Crippen LogP contribution in [0.1, 0.15) is 54.4 Å². The van der Waals surface area contributed by atoms with Gasteiger partial charge in [-0.1, -0.05) is 48.0 Å². The van der Waals surface area contributed by atoms with Gasteiger partial charge in [0.1, 0.15) is 0 Å². The molecule has 1 atom stereocenters. The van der Waals surface area contributed by atoms with Gasteiger partial charge in [-0.2, -0.15) is 0 Å². The Kier molecular flexibility index (Phi) is 9.00. The SMILES string of the molecule is C.CCC[C@H](C)CC(C)C. The van der Waals surface area contributed by atoms with Crippen LogP contribution in [0.4, 0.5) is 0 Å². The summed E-state index contributed by atoms with van der Waals surface area (Å²) in [6, 6.07) is 0. The van der Waals surface area contributed by atoms with Gasteiger partial charge in [-0.15, -0.1) is 0 Å². The second-order valence-electron chi connectivity index (χ2n) is 3.52. The molecule has 0 spiro atoms. The van der Waals surface area contributed by atoms with Gasteiger partial charge in [0.15, 0.2) is 0 Å². The summed E-state index contributed by atoms with van der Waals surface area (Å²) >= 11 is 0. The van der Waals surface area contributed by atoms with Crippen molar-refractivity contribution in [1.29, 1.82) is 0 Å². The first-order chi connectivity index (χ1) is 4.16. The van der Waals surface area contributed by atoms with Crippen LogP contribution in [-0.4, -0.2) is 0 Å². The van der Waals surface area contributed by atoms with Crippen LogP contribution >= 0.6 is 0 Å². The highest BCUT2D eigenvalue weighted by Crippen LogP contribution is 2.15. The van der Waals surface area contributed by atoms with Gasteiger partial charge >= 0.3 is 0 Å². The fourth-order valence-electron chi connectivity index (χ4n) is 1.42. The molecule has 0 aliphatic heterocycles. The second kappa shape index (κ2) is 7.11. The maximum absolute atomic E-state index is 2.35. The molecule has 0 aromatic rings. The second-order valence-corrected chi connectivity index (χ2v) is 3.52. The third kappa shape index (κ3) is 8.00. The Hall–Kier alpha value is 0. The summed E-state index contributed by atoms with van der Waals surface area (Å²) in [5.74, 6) is 1.82. The topological polar surface area (TPSA) is 0 Å². The molecule has 0 unspecified atom stereocenters. The lowest BCUT2D eigenvalue weighted by Gasteiger charge is -2.11. The first-order valence-corrected chi connectivity index (χ1v) is 4.16. The molecule has 0 bridgehead atoms. The van der Waals surface area contributed by atoms with Crippen molar-refractivity contribution < 1.29 is 0 Å². The van der Waals surface area contributed by atoms with Gasteiger partial charge in [0.2, 0.25) is 0 Å². The van der Waals surface area contributed by atoms with E-state index in [1.165, 1.54) is 19.3 Å². The van der Waals surface area contributed by atoms with Gasteiger partial charge in [0.05, 0.1) is 0 Å². The largest absolute Gasteiger partial charge is 0.0776 e. The Morgan fingerprint density at radius 1 is 1.10 bits per heavy atom. The summed E-state index contributed by atoms with van der Waals surface area (Å²) in [5, 5.41) is 0. The predicted octanol–water partition coefficient (Wildman–Crippen LogP) is 4.10. The van der Waals surface area contributed by atoms with Crippen LogP contribution in [0.25, 0.3) is 0 Å². The minimum Gasteiger partial charge on any atom is -0.0776 e. The first-order valence-electron chi connectivity index (χ1n) is 4.16.